The Balaban J connectivity index is 0.00000171. The zero-order chi connectivity index (χ0) is 20.4. The molecule has 0 amide bonds. The van der Waals surface area contributed by atoms with Crippen molar-refractivity contribution in [2.45, 2.75) is 30.2 Å². The van der Waals surface area contributed by atoms with Crippen LogP contribution in [0.5, 0.6) is 5.75 Å². The summed E-state index contributed by atoms with van der Waals surface area (Å²) in [5.41, 5.74) is 10.2. The summed E-state index contributed by atoms with van der Waals surface area (Å²) in [7, 11) is 1.71. The van der Waals surface area contributed by atoms with Crippen LogP contribution in [0.2, 0.25) is 0 Å². The van der Waals surface area contributed by atoms with E-state index in [4.69, 9.17) is 15.6 Å². The maximum absolute atomic E-state index is 5.73. The highest BCUT2D eigenvalue weighted by atomic mass is 35.5. The van der Waals surface area contributed by atoms with Crippen LogP contribution in [0.4, 0.5) is 5.69 Å². The van der Waals surface area contributed by atoms with Crippen LogP contribution in [-0.4, -0.2) is 60.0 Å². The molecule has 1 aromatic heterocycles. The number of benzene rings is 2. The molecule has 0 aliphatic carbocycles. The molecular weight excluding hydrogens is 434 g/mol. The molecule has 31 heavy (non-hydrogen) atoms. The third-order valence-corrected chi connectivity index (χ3v) is 6.71. The normalized spacial score (nSPS) is 11.6. The molecule has 4 rings (SSSR count). The molecule has 0 atom stereocenters. The van der Waals surface area contributed by atoms with E-state index in [0.29, 0.717) is 6.54 Å². The number of hydrogen-bond acceptors (Lipinski definition) is 6. The molecule has 7 nitrogen and oxygen atoms in total. The Morgan fingerprint density at radius 2 is 1.97 bits per heavy atom. The van der Waals surface area contributed by atoms with Crippen molar-refractivity contribution in [2.75, 3.05) is 45.2 Å². The van der Waals surface area contributed by atoms with Crippen LogP contribution < -0.4 is 15.8 Å². The van der Waals surface area contributed by atoms with Gasteiger partial charge in [-0.25, -0.2) is 0 Å². The highest BCUT2D eigenvalue weighted by Crippen LogP contribution is 2.51. The number of aromatic nitrogens is 2. The van der Waals surface area contributed by atoms with Crippen molar-refractivity contribution in [3.8, 4) is 17.0 Å². The van der Waals surface area contributed by atoms with Gasteiger partial charge in [-0.15, -0.1) is 12.4 Å². The second-order valence-electron chi connectivity index (χ2n) is 7.11. The number of ether oxygens (including phenoxy) is 1. The Bertz CT molecular complexity index is 1020. The predicted molar refractivity (Wildman–Crippen MR) is 132 cm³/mol. The van der Waals surface area contributed by atoms with Crippen molar-refractivity contribution in [1.29, 1.82) is 0 Å². The summed E-state index contributed by atoms with van der Waals surface area (Å²) in [6, 6.07) is 10.6. The van der Waals surface area contributed by atoms with E-state index in [0.717, 1.165) is 55.4 Å². The summed E-state index contributed by atoms with van der Waals surface area (Å²) in [6.45, 7) is 9.73. The molecular formula is C22H32ClN5O2S. The fraction of sp³-hybridized carbons (Fsp3) is 0.409. The number of nitrogens with zero attached hydrogens (tertiary/aromatic N) is 3. The number of rotatable bonds is 9. The van der Waals surface area contributed by atoms with E-state index in [9.17, 15) is 0 Å². The van der Waals surface area contributed by atoms with Gasteiger partial charge in [0.1, 0.15) is 11.4 Å². The summed E-state index contributed by atoms with van der Waals surface area (Å²) in [6.07, 6.45) is 0. The van der Waals surface area contributed by atoms with Crippen LogP contribution in [0, 0.1) is 0 Å². The van der Waals surface area contributed by atoms with E-state index in [1.165, 1.54) is 20.7 Å². The van der Waals surface area contributed by atoms with Gasteiger partial charge in [0.05, 0.1) is 19.2 Å². The number of nitrogens with two attached hydrogens (primary N) is 1. The molecule has 0 spiro atoms. The lowest BCUT2D eigenvalue weighted by Crippen LogP contribution is -2.27. The Morgan fingerprint density at radius 3 is 2.65 bits per heavy atom. The molecule has 1 aliphatic rings. The number of nitrogens with one attached hydrogen (secondary N) is 1. The smallest absolute Gasteiger partial charge is 0.119 e. The van der Waals surface area contributed by atoms with E-state index >= 15 is 0 Å². The molecule has 0 unspecified atom stereocenters. The van der Waals surface area contributed by atoms with Gasteiger partial charge in [0.2, 0.25) is 0 Å². The molecule has 0 fully saturated rings. The van der Waals surface area contributed by atoms with Crippen LogP contribution >= 0.6 is 24.2 Å². The van der Waals surface area contributed by atoms with Gasteiger partial charge in [-0.3, -0.25) is 4.68 Å². The number of likely N-dealkylation sites (N-methyl/N-ethyl adjacent to an activating group) is 1. The maximum atomic E-state index is 5.73. The van der Waals surface area contributed by atoms with Crippen molar-refractivity contribution < 1.29 is 10.2 Å². The van der Waals surface area contributed by atoms with Crippen LogP contribution in [-0.2, 0) is 6.54 Å². The summed E-state index contributed by atoms with van der Waals surface area (Å²) in [5.74, 6) is 0.857. The Kier molecular flexibility index (Phi) is 9.02. The molecule has 0 saturated heterocycles. The number of fused-ring (bicyclic) bond motifs is 2. The standard InChI is InChI=1S/C22H29N5OS.ClH.H2O/c1-4-26(5-2)12-13-27-18-8-7-17(24-11-10-23)22-20(18)21(25-27)16-14-15(28-3)6-9-19(16)29-22;;/h6-9,14,24H,4-5,10-13,23H2,1-3H3;1H;1H2. The third kappa shape index (κ3) is 4.78. The van der Waals surface area contributed by atoms with Crippen molar-refractivity contribution in [1.82, 2.24) is 14.7 Å². The summed E-state index contributed by atoms with van der Waals surface area (Å²) < 4.78 is 7.64. The van der Waals surface area contributed by atoms with Gasteiger partial charge >= 0.3 is 0 Å². The van der Waals surface area contributed by atoms with Crippen LogP contribution in [0.25, 0.3) is 22.2 Å². The molecule has 2 aromatic carbocycles. The van der Waals surface area contributed by atoms with Gasteiger partial charge in [0.15, 0.2) is 0 Å². The van der Waals surface area contributed by atoms with Crippen molar-refractivity contribution in [2.24, 2.45) is 5.73 Å². The monoisotopic (exact) mass is 465 g/mol. The van der Waals surface area contributed by atoms with Gasteiger partial charge in [-0.05, 0) is 43.4 Å². The van der Waals surface area contributed by atoms with E-state index in [1.807, 2.05) is 6.07 Å². The first kappa shape index (κ1) is 25.3. The Morgan fingerprint density at radius 1 is 1.19 bits per heavy atom. The van der Waals surface area contributed by atoms with Gasteiger partial charge < -0.3 is 26.2 Å². The predicted octanol–water partition coefficient (Wildman–Crippen LogP) is 3.49. The fourth-order valence-corrected chi connectivity index (χ4v) is 5.02. The minimum atomic E-state index is 0. The number of halogens is 1. The lowest BCUT2D eigenvalue weighted by Gasteiger charge is -2.19. The second-order valence-corrected chi connectivity index (χ2v) is 8.17. The van der Waals surface area contributed by atoms with Crippen LogP contribution in [0.15, 0.2) is 40.1 Å². The molecule has 170 valence electrons. The highest BCUT2D eigenvalue weighted by Gasteiger charge is 2.26. The zero-order valence-corrected chi connectivity index (χ0v) is 19.9. The van der Waals surface area contributed by atoms with E-state index in [1.54, 1.807) is 18.9 Å². The maximum Gasteiger partial charge on any atom is 0.119 e. The molecule has 0 radical (unpaired) electrons. The molecule has 9 heteroatoms. The number of hydrogen-bond donors (Lipinski definition) is 2. The van der Waals surface area contributed by atoms with Crippen molar-refractivity contribution in [3.63, 3.8) is 0 Å². The Hall–Kier alpha value is -1.97. The molecule has 1 aliphatic heterocycles. The molecule has 3 aromatic rings. The Labute approximate surface area is 194 Å². The second kappa shape index (κ2) is 11.1. The lowest BCUT2D eigenvalue weighted by atomic mass is 10.1. The minimum Gasteiger partial charge on any atom is -0.497 e. The van der Waals surface area contributed by atoms with E-state index in [2.05, 4.69) is 53.0 Å². The fourth-order valence-electron chi connectivity index (χ4n) is 3.85. The topological polar surface area (TPSA) is 99.8 Å². The van der Waals surface area contributed by atoms with Crippen LogP contribution in [0.3, 0.4) is 0 Å². The molecule has 0 saturated carbocycles. The van der Waals surface area contributed by atoms with E-state index < -0.39 is 0 Å². The lowest BCUT2D eigenvalue weighted by molar-refractivity contribution is 0.287. The number of methoxy groups -OCH3 is 1. The van der Waals surface area contributed by atoms with Gasteiger partial charge in [0.25, 0.3) is 0 Å². The van der Waals surface area contributed by atoms with Gasteiger partial charge in [-0.2, -0.15) is 5.10 Å². The third-order valence-electron chi connectivity index (χ3n) is 5.51. The van der Waals surface area contributed by atoms with Crippen molar-refractivity contribution in [3.05, 3.63) is 30.3 Å². The average Bonchev–Trinajstić information content (AvgIpc) is 3.13. The first-order chi connectivity index (χ1) is 14.2. The van der Waals surface area contributed by atoms with Crippen molar-refractivity contribution >= 4 is 40.8 Å². The minimum absolute atomic E-state index is 0. The molecule has 5 N–H and O–H groups in total. The van der Waals surface area contributed by atoms with Gasteiger partial charge in [0, 0.05) is 46.1 Å². The average molecular weight is 466 g/mol. The first-order valence-electron chi connectivity index (χ1n) is 10.3. The first-order valence-corrected chi connectivity index (χ1v) is 11.1. The number of anilines is 1. The highest BCUT2D eigenvalue weighted by molar-refractivity contribution is 8.00. The van der Waals surface area contributed by atoms with Gasteiger partial charge in [-0.1, -0.05) is 25.6 Å². The summed E-state index contributed by atoms with van der Waals surface area (Å²) in [5, 5.41) is 9.77. The van der Waals surface area contributed by atoms with E-state index in [-0.39, 0.29) is 17.9 Å². The molecule has 2 heterocycles. The SMILES string of the molecule is CCN(CC)CCn1nc2c3c(c(NCCN)ccc31)Sc1ccc(OC)cc1-2.Cl.O. The largest absolute Gasteiger partial charge is 0.497 e. The summed E-state index contributed by atoms with van der Waals surface area (Å²) >= 11 is 1.80. The zero-order valence-electron chi connectivity index (χ0n) is 18.3. The molecule has 0 bridgehead atoms. The van der Waals surface area contributed by atoms with Crippen LogP contribution in [0.1, 0.15) is 13.8 Å². The quantitative estimate of drug-likeness (QED) is 0.392. The summed E-state index contributed by atoms with van der Waals surface area (Å²) in [4.78, 5) is 4.87.